The minimum atomic E-state index is -3.95. The van der Waals surface area contributed by atoms with Crippen molar-refractivity contribution in [3.63, 3.8) is 0 Å². The molecule has 0 amide bonds. The van der Waals surface area contributed by atoms with Gasteiger partial charge in [-0.15, -0.1) is 0 Å². The van der Waals surface area contributed by atoms with E-state index in [9.17, 15) is 21.6 Å². The van der Waals surface area contributed by atoms with Crippen molar-refractivity contribution in [3.05, 3.63) is 47.7 Å². The summed E-state index contributed by atoms with van der Waals surface area (Å²) < 4.78 is 57.8. The van der Waals surface area contributed by atoms with E-state index in [0.717, 1.165) is 30.7 Å². The first-order valence-corrected chi connectivity index (χ1v) is 13.0. The highest BCUT2D eigenvalue weighted by Gasteiger charge is 2.34. The maximum atomic E-state index is 13.0. The molecule has 2 aliphatic carbocycles. The molecule has 0 radical (unpaired) electrons. The zero-order chi connectivity index (χ0) is 21.9. The fourth-order valence-corrected chi connectivity index (χ4v) is 6.01. The summed E-state index contributed by atoms with van der Waals surface area (Å²) in [4.78, 5) is 10.7. The Kier molecular flexibility index (Phi) is 6.68. The van der Waals surface area contributed by atoms with Gasteiger partial charge in [-0.25, -0.2) is 26.4 Å². The largest absolute Gasteiger partial charge is 0.482 e. The average molecular weight is 456 g/mol. The van der Waals surface area contributed by atoms with Gasteiger partial charge in [-0.1, -0.05) is 18.6 Å². The van der Waals surface area contributed by atoms with E-state index >= 15 is 0 Å². The number of hydrogen-bond donors (Lipinski definition) is 2. The zero-order valence-corrected chi connectivity index (χ0v) is 18.2. The molecule has 0 saturated heterocycles. The van der Waals surface area contributed by atoms with Crippen LogP contribution in [0.4, 0.5) is 0 Å². The lowest BCUT2D eigenvalue weighted by atomic mass is 9.84. The lowest BCUT2D eigenvalue weighted by molar-refractivity contribution is -0.140. The van der Waals surface area contributed by atoms with Gasteiger partial charge < -0.3 is 9.84 Å². The van der Waals surface area contributed by atoms with Crippen LogP contribution in [0, 0.1) is 5.92 Å². The monoisotopic (exact) mass is 455 g/mol. The first-order valence-electron chi connectivity index (χ1n) is 9.64. The van der Waals surface area contributed by atoms with Crippen molar-refractivity contribution in [3.8, 4) is 0 Å². The summed E-state index contributed by atoms with van der Waals surface area (Å²) in [5.74, 6) is -0.719. The summed E-state index contributed by atoms with van der Waals surface area (Å²) in [6.07, 6.45) is 8.26. The van der Waals surface area contributed by atoms with E-state index in [2.05, 4.69) is 4.72 Å². The van der Waals surface area contributed by atoms with Crippen molar-refractivity contribution in [1.29, 1.82) is 0 Å². The highest BCUT2D eigenvalue weighted by atomic mass is 32.2. The molecule has 1 saturated carbocycles. The first kappa shape index (κ1) is 22.5. The molecule has 0 heterocycles. The number of carboxylic acid groups (broad SMARTS) is 1. The highest BCUT2D eigenvalue weighted by molar-refractivity contribution is 7.91. The summed E-state index contributed by atoms with van der Waals surface area (Å²) >= 11 is 0. The summed E-state index contributed by atoms with van der Waals surface area (Å²) in [6, 6.07) is 4.89. The average Bonchev–Trinajstić information content (AvgIpc) is 2.88. The summed E-state index contributed by atoms with van der Waals surface area (Å²) in [7, 11) is -7.49. The van der Waals surface area contributed by atoms with Crippen LogP contribution in [0.5, 0.6) is 0 Å². The molecule has 0 aromatic heterocycles. The van der Waals surface area contributed by atoms with Crippen molar-refractivity contribution < 1.29 is 31.5 Å². The number of sulfone groups is 1. The Bertz CT molecular complexity index is 1090. The van der Waals surface area contributed by atoms with Gasteiger partial charge in [0.2, 0.25) is 10.0 Å². The Morgan fingerprint density at radius 2 is 1.93 bits per heavy atom. The molecule has 2 unspecified atom stereocenters. The lowest BCUT2D eigenvalue weighted by Crippen LogP contribution is -2.41. The van der Waals surface area contributed by atoms with Crippen LogP contribution in [0.15, 0.2) is 57.5 Å². The van der Waals surface area contributed by atoms with E-state index in [1.807, 2.05) is 6.08 Å². The topological polar surface area (TPSA) is 127 Å². The van der Waals surface area contributed by atoms with Crippen LogP contribution in [0.3, 0.4) is 0 Å². The number of benzene rings is 1. The van der Waals surface area contributed by atoms with Crippen molar-refractivity contribution in [2.75, 3.05) is 12.9 Å². The van der Waals surface area contributed by atoms with Crippen LogP contribution in [0.1, 0.15) is 32.1 Å². The second-order valence-electron chi connectivity index (χ2n) is 7.54. The molecule has 164 valence electrons. The van der Waals surface area contributed by atoms with E-state index in [-0.39, 0.29) is 15.7 Å². The van der Waals surface area contributed by atoms with E-state index in [1.54, 1.807) is 6.08 Å². The van der Waals surface area contributed by atoms with Crippen molar-refractivity contribution >= 4 is 25.8 Å². The van der Waals surface area contributed by atoms with Gasteiger partial charge in [0.25, 0.3) is 0 Å². The number of rotatable bonds is 7. The van der Waals surface area contributed by atoms with Gasteiger partial charge in [0.15, 0.2) is 16.4 Å². The van der Waals surface area contributed by atoms with Gasteiger partial charge in [0.05, 0.1) is 9.79 Å². The second kappa shape index (κ2) is 8.91. The van der Waals surface area contributed by atoms with Gasteiger partial charge in [0.1, 0.15) is 5.76 Å². The molecule has 2 N–H and O–H groups in total. The number of allylic oxidation sites excluding steroid dienone is 2. The van der Waals surface area contributed by atoms with Crippen LogP contribution >= 0.6 is 0 Å². The molecular formula is C20H25NO7S2. The summed E-state index contributed by atoms with van der Waals surface area (Å²) in [6.45, 7) is -0.454. The number of aliphatic carboxylic acids is 1. The van der Waals surface area contributed by atoms with Gasteiger partial charge in [0, 0.05) is 18.2 Å². The fourth-order valence-electron chi connectivity index (χ4n) is 3.91. The Morgan fingerprint density at radius 1 is 1.20 bits per heavy atom. The van der Waals surface area contributed by atoms with E-state index < -0.39 is 38.5 Å². The zero-order valence-electron chi connectivity index (χ0n) is 16.6. The number of sulfonamides is 1. The maximum absolute atomic E-state index is 13.0. The number of carboxylic acids is 1. The second-order valence-corrected chi connectivity index (χ2v) is 11.3. The van der Waals surface area contributed by atoms with Gasteiger partial charge in [-0.2, -0.15) is 0 Å². The molecule has 0 bridgehead atoms. The van der Waals surface area contributed by atoms with Crippen LogP contribution in [-0.4, -0.2) is 46.8 Å². The Morgan fingerprint density at radius 3 is 2.63 bits per heavy atom. The van der Waals surface area contributed by atoms with Gasteiger partial charge in [-0.3, -0.25) is 0 Å². The first-order chi connectivity index (χ1) is 14.1. The van der Waals surface area contributed by atoms with E-state index in [4.69, 9.17) is 9.84 Å². The Balaban J connectivity index is 1.88. The standard InChI is InChI=1S/C20H25NO7S2/c1-29(24,25)14-6-4-7-15(12-14)30(26,27)21-18-10-3-2-8-17-16(18)9-5-11-19(17)28-13-20(22)23/h4-7,11-12,16,18,21H,2-3,8-10,13H2,1H3,(H,22,23). The molecule has 1 fully saturated rings. The van der Waals surface area contributed by atoms with E-state index in [0.29, 0.717) is 25.0 Å². The smallest absolute Gasteiger partial charge is 0.341 e. The molecule has 1 aromatic rings. The minimum Gasteiger partial charge on any atom is -0.482 e. The van der Waals surface area contributed by atoms with Crippen LogP contribution in [0.2, 0.25) is 0 Å². The Hall–Kier alpha value is -2.17. The van der Waals surface area contributed by atoms with Crippen molar-refractivity contribution in [2.45, 2.75) is 47.9 Å². The molecule has 2 aliphatic rings. The van der Waals surface area contributed by atoms with Crippen LogP contribution < -0.4 is 4.72 Å². The molecule has 1 aromatic carbocycles. The number of nitrogens with one attached hydrogen (secondary N) is 1. The normalized spacial score (nSPS) is 22.3. The third-order valence-electron chi connectivity index (χ3n) is 5.32. The molecule has 2 atom stereocenters. The number of ether oxygens (including phenoxy) is 1. The van der Waals surface area contributed by atoms with Gasteiger partial charge >= 0.3 is 5.97 Å². The summed E-state index contributed by atoms with van der Waals surface area (Å²) in [5.41, 5.74) is 0.925. The molecule has 30 heavy (non-hydrogen) atoms. The number of carbonyl (C=O) groups is 1. The summed E-state index contributed by atoms with van der Waals surface area (Å²) in [5, 5.41) is 8.90. The molecular weight excluding hydrogens is 430 g/mol. The SMILES string of the molecule is CS(=O)(=O)c1cccc(S(=O)(=O)NC2CCCCC3=C(OCC(=O)O)C=CCC32)c1. The Labute approximate surface area is 176 Å². The van der Waals surface area contributed by atoms with Crippen molar-refractivity contribution in [1.82, 2.24) is 4.72 Å². The molecule has 0 aliphatic heterocycles. The predicted molar refractivity (Wildman–Crippen MR) is 110 cm³/mol. The third-order valence-corrected chi connectivity index (χ3v) is 7.92. The molecule has 3 rings (SSSR count). The van der Waals surface area contributed by atoms with Gasteiger partial charge in [-0.05, 0) is 55.5 Å². The highest BCUT2D eigenvalue weighted by Crippen LogP contribution is 2.37. The fraction of sp³-hybridized carbons (Fsp3) is 0.450. The van der Waals surface area contributed by atoms with E-state index in [1.165, 1.54) is 18.2 Å². The molecule has 10 heteroatoms. The molecule has 0 spiro atoms. The molecule has 8 nitrogen and oxygen atoms in total. The van der Waals surface area contributed by atoms with Crippen LogP contribution in [-0.2, 0) is 29.4 Å². The third kappa shape index (κ3) is 5.30. The lowest BCUT2D eigenvalue weighted by Gasteiger charge is -2.30. The predicted octanol–water partition coefficient (Wildman–Crippen LogP) is 2.24. The quantitative estimate of drug-likeness (QED) is 0.645. The minimum absolute atomic E-state index is 0.0585. The number of fused-ring (bicyclic) bond motifs is 1. The maximum Gasteiger partial charge on any atom is 0.341 e. The number of hydrogen-bond acceptors (Lipinski definition) is 6. The van der Waals surface area contributed by atoms with Crippen LogP contribution in [0.25, 0.3) is 0 Å². The van der Waals surface area contributed by atoms with Crippen molar-refractivity contribution in [2.24, 2.45) is 5.92 Å².